The smallest absolute Gasteiger partial charge is 0.160 e. The highest BCUT2D eigenvalue weighted by atomic mass is 19.2. The maximum Gasteiger partial charge on any atom is 0.160 e. The quantitative estimate of drug-likeness (QED) is 0.849. The van der Waals surface area contributed by atoms with Gasteiger partial charge in [0, 0.05) is 17.8 Å². The molecule has 1 aromatic carbocycles. The average molecular weight is 240 g/mol. The Balaban J connectivity index is 1.96. The van der Waals surface area contributed by atoms with Crippen molar-refractivity contribution in [1.82, 2.24) is 5.32 Å². The van der Waals surface area contributed by atoms with E-state index in [9.17, 15) is 8.78 Å². The average Bonchev–Trinajstić information content (AvgIpc) is 2.35. The highest BCUT2D eigenvalue weighted by Gasteiger charge is 2.19. The highest BCUT2D eigenvalue weighted by molar-refractivity contribution is 5.44. The van der Waals surface area contributed by atoms with Gasteiger partial charge in [-0.3, -0.25) is 0 Å². The Morgan fingerprint density at radius 2 is 1.94 bits per heavy atom. The van der Waals surface area contributed by atoms with Gasteiger partial charge in [0.05, 0.1) is 0 Å². The van der Waals surface area contributed by atoms with Gasteiger partial charge in [0.15, 0.2) is 11.6 Å². The molecule has 1 saturated heterocycles. The number of benzene rings is 1. The first-order chi connectivity index (χ1) is 8.16. The van der Waals surface area contributed by atoms with Crippen LogP contribution in [0.3, 0.4) is 0 Å². The lowest BCUT2D eigenvalue weighted by Gasteiger charge is -2.29. The maximum atomic E-state index is 13.0. The van der Waals surface area contributed by atoms with Gasteiger partial charge in [-0.25, -0.2) is 8.78 Å². The van der Waals surface area contributed by atoms with E-state index in [2.05, 4.69) is 17.6 Å². The predicted molar refractivity (Wildman–Crippen MR) is 65.0 cm³/mol. The standard InChI is InChI=1S/C13H18F2N2/c1-9(10-4-6-16-7-5-10)17-11-2-3-12(14)13(15)8-11/h2-3,8-10,16-17H,4-7H2,1H3. The molecule has 2 nitrogen and oxygen atoms in total. The Morgan fingerprint density at radius 3 is 2.59 bits per heavy atom. The van der Waals surface area contributed by atoms with E-state index in [-0.39, 0.29) is 6.04 Å². The number of nitrogens with one attached hydrogen (secondary N) is 2. The molecular weight excluding hydrogens is 222 g/mol. The van der Waals surface area contributed by atoms with Crippen molar-refractivity contribution in [2.75, 3.05) is 18.4 Å². The molecule has 17 heavy (non-hydrogen) atoms. The zero-order chi connectivity index (χ0) is 12.3. The summed E-state index contributed by atoms with van der Waals surface area (Å²) in [4.78, 5) is 0. The van der Waals surface area contributed by atoms with Gasteiger partial charge in [-0.1, -0.05) is 0 Å². The van der Waals surface area contributed by atoms with Crippen molar-refractivity contribution in [3.63, 3.8) is 0 Å². The van der Waals surface area contributed by atoms with E-state index < -0.39 is 11.6 Å². The van der Waals surface area contributed by atoms with Crippen LogP contribution in [0.5, 0.6) is 0 Å². The molecule has 0 amide bonds. The van der Waals surface area contributed by atoms with Crippen molar-refractivity contribution in [2.24, 2.45) is 5.92 Å². The molecule has 0 aromatic heterocycles. The first kappa shape index (κ1) is 12.3. The summed E-state index contributed by atoms with van der Waals surface area (Å²) in [6.45, 7) is 4.17. The van der Waals surface area contributed by atoms with Gasteiger partial charge in [0.1, 0.15) is 0 Å². The van der Waals surface area contributed by atoms with E-state index in [1.54, 1.807) is 6.07 Å². The van der Waals surface area contributed by atoms with Gasteiger partial charge < -0.3 is 10.6 Å². The molecule has 0 aliphatic carbocycles. The SMILES string of the molecule is CC(Nc1ccc(F)c(F)c1)C1CCNCC1. The summed E-state index contributed by atoms with van der Waals surface area (Å²) >= 11 is 0. The zero-order valence-corrected chi connectivity index (χ0v) is 9.97. The second-order valence-electron chi connectivity index (χ2n) is 4.65. The number of rotatable bonds is 3. The lowest BCUT2D eigenvalue weighted by molar-refractivity contribution is 0.343. The normalized spacial score (nSPS) is 19.0. The number of hydrogen-bond donors (Lipinski definition) is 2. The lowest BCUT2D eigenvalue weighted by Crippen LogP contribution is -2.36. The molecule has 0 radical (unpaired) electrons. The summed E-state index contributed by atoms with van der Waals surface area (Å²) in [5.41, 5.74) is 0.648. The molecule has 2 N–H and O–H groups in total. The van der Waals surface area contributed by atoms with Gasteiger partial charge in [-0.15, -0.1) is 0 Å². The van der Waals surface area contributed by atoms with Crippen molar-refractivity contribution in [3.8, 4) is 0 Å². The minimum Gasteiger partial charge on any atom is -0.382 e. The summed E-state index contributed by atoms with van der Waals surface area (Å²) in [6, 6.07) is 4.23. The van der Waals surface area contributed by atoms with Crippen LogP contribution in [0.15, 0.2) is 18.2 Å². The summed E-state index contributed by atoms with van der Waals surface area (Å²) in [7, 11) is 0. The van der Waals surface area contributed by atoms with Crippen LogP contribution in [0.25, 0.3) is 0 Å². The molecule has 1 atom stereocenters. The van der Waals surface area contributed by atoms with Crippen LogP contribution in [-0.4, -0.2) is 19.1 Å². The summed E-state index contributed by atoms with van der Waals surface area (Å²) < 4.78 is 25.8. The van der Waals surface area contributed by atoms with Crippen LogP contribution in [0.2, 0.25) is 0 Å². The van der Waals surface area contributed by atoms with E-state index in [0.29, 0.717) is 11.6 Å². The third kappa shape index (κ3) is 3.16. The van der Waals surface area contributed by atoms with Gasteiger partial charge >= 0.3 is 0 Å². The molecule has 1 aliphatic heterocycles. The Kier molecular flexibility index (Phi) is 3.94. The van der Waals surface area contributed by atoms with E-state index in [4.69, 9.17) is 0 Å². The van der Waals surface area contributed by atoms with Crippen LogP contribution in [0.4, 0.5) is 14.5 Å². The van der Waals surface area contributed by atoms with Crippen LogP contribution in [0, 0.1) is 17.6 Å². The molecule has 2 rings (SSSR count). The largest absolute Gasteiger partial charge is 0.382 e. The monoisotopic (exact) mass is 240 g/mol. The minimum atomic E-state index is -0.801. The highest BCUT2D eigenvalue weighted by Crippen LogP contribution is 2.21. The van der Waals surface area contributed by atoms with Crippen molar-refractivity contribution < 1.29 is 8.78 Å². The van der Waals surface area contributed by atoms with Crippen LogP contribution >= 0.6 is 0 Å². The third-order valence-corrected chi connectivity index (χ3v) is 3.40. The minimum absolute atomic E-state index is 0.280. The van der Waals surface area contributed by atoms with E-state index in [1.807, 2.05) is 0 Å². The molecule has 0 saturated carbocycles. The summed E-state index contributed by atoms with van der Waals surface area (Å²) in [6.07, 6.45) is 2.25. The van der Waals surface area contributed by atoms with E-state index >= 15 is 0 Å². The molecule has 0 bridgehead atoms. The Labute approximate surface area is 100 Å². The van der Waals surface area contributed by atoms with E-state index in [0.717, 1.165) is 32.0 Å². The van der Waals surface area contributed by atoms with Gasteiger partial charge in [-0.2, -0.15) is 0 Å². The third-order valence-electron chi connectivity index (χ3n) is 3.40. The van der Waals surface area contributed by atoms with Gasteiger partial charge in [0.2, 0.25) is 0 Å². The summed E-state index contributed by atoms with van der Waals surface area (Å²) in [5, 5.41) is 6.56. The van der Waals surface area contributed by atoms with Gasteiger partial charge in [0.25, 0.3) is 0 Å². The Hall–Kier alpha value is -1.16. The second-order valence-corrected chi connectivity index (χ2v) is 4.65. The zero-order valence-electron chi connectivity index (χ0n) is 9.97. The van der Waals surface area contributed by atoms with Crippen molar-refractivity contribution >= 4 is 5.69 Å². The fraction of sp³-hybridized carbons (Fsp3) is 0.538. The molecule has 1 aliphatic rings. The predicted octanol–water partition coefficient (Wildman–Crippen LogP) is 2.76. The molecule has 0 spiro atoms. The van der Waals surface area contributed by atoms with Crippen LogP contribution < -0.4 is 10.6 Å². The van der Waals surface area contributed by atoms with Crippen molar-refractivity contribution in [3.05, 3.63) is 29.8 Å². The summed E-state index contributed by atoms with van der Waals surface area (Å²) in [5.74, 6) is -1.01. The maximum absolute atomic E-state index is 13.0. The molecule has 4 heteroatoms. The fourth-order valence-electron chi connectivity index (χ4n) is 2.31. The van der Waals surface area contributed by atoms with Crippen LogP contribution in [0.1, 0.15) is 19.8 Å². The van der Waals surface area contributed by atoms with Crippen LogP contribution in [-0.2, 0) is 0 Å². The molecule has 1 heterocycles. The van der Waals surface area contributed by atoms with E-state index in [1.165, 1.54) is 6.07 Å². The van der Waals surface area contributed by atoms with Crippen molar-refractivity contribution in [2.45, 2.75) is 25.8 Å². The molecule has 1 unspecified atom stereocenters. The molecule has 1 fully saturated rings. The first-order valence-corrected chi connectivity index (χ1v) is 6.09. The van der Waals surface area contributed by atoms with Crippen molar-refractivity contribution in [1.29, 1.82) is 0 Å². The molecule has 94 valence electrons. The lowest BCUT2D eigenvalue weighted by atomic mass is 9.91. The topological polar surface area (TPSA) is 24.1 Å². The first-order valence-electron chi connectivity index (χ1n) is 6.09. The molecule has 1 aromatic rings. The number of hydrogen-bond acceptors (Lipinski definition) is 2. The molecular formula is C13H18F2N2. The Morgan fingerprint density at radius 1 is 1.24 bits per heavy atom. The number of piperidine rings is 1. The number of halogens is 2. The number of anilines is 1. The second kappa shape index (κ2) is 5.45. The Bertz CT molecular complexity index is 376. The van der Waals surface area contributed by atoms with Gasteiger partial charge in [-0.05, 0) is 50.9 Å². The fourth-order valence-corrected chi connectivity index (χ4v) is 2.31.